The van der Waals surface area contributed by atoms with E-state index in [2.05, 4.69) is 48.5 Å². The number of nitrogens with two attached hydrogens (primary N) is 3. The summed E-state index contributed by atoms with van der Waals surface area (Å²) in [5.41, 5.74) is 13.5. The molecule has 0 radical (unpaired) electrons. The Kier molecular flexibility index (Phi) is 15.1. The number of phosphoric ester groups is 2. The van der Waals surface area contributed by atoms with Gasteiger partial charge in [0.05, 0.1) is 39.5 Å². The number of methoxy groups -OCH3 is 1. The van der Waals surface area contributed by atoms with Gasteiger partial charge >= 0.3 is 35.7 Å². The molecule has 9 heterocycles. The van der Waals surface area contributed by atoms with E-state index in [1.54, 1.807) is 0 Å². The van der Waals surface area contributed by atoms with Crippen LogP contribution in [-0.2, 0) is 78.2 Å². The van der Waals surface area contributed by atoms with Gasteiger partial charge in [-0.15, -0.1) is 0 Å². The Labute approximate surface area is 426 Å². The quantitative estimate of drug-likeness (QED) is 0.0270. The summed E-state index contributed by atoms with van der Waals surface area (Å²) in [6, 6.07) is 0. The first kappa shape index (κ1) is 56.0. The lowest BCUT2D eigenvalue weighted by molar-refractivity contribution is -0.646. The molecule has 0 amide bonds. The van der Waals surface area contributed by atoms with Crippen LogP contribution in [0.3, 0.4) is 0 Å². The highest BCUT2D eigenvalue weighted by Crippen LogP contribution is 2.68. The fourth-order valence-corrected chi connectivity index (χ4v) is 13.5. The number of fused-ring (bicyclic) bond motifs is 3. The number of anilines is 3. The monoisotopic (exact) mass is 1180 g/mol. The molecule has 6 aromatic rings. The van der Waals surface area contributed by atoms with Gasteiger partial charge in [0.1, 0.15) is 60.7 Å². The Balaban J connectivity index is 0.867. The molecule has 3 fully saturated rings. The topological polar surface area (TPSA) is 545 Å². The van der Waals surface area contributed by atoms with Crippen LogP contribution in [-0.4, -0.2) is 175 Å². The molecule has 38 nitrogen and oxygen atoms in total. The van der Waals surface area contributed by atoms with Gasteiger partial charge < -0.3 is 80.7 Å². The van der Waals surface area contributed by atoms with Crippen molar-refractivity contribution in [3.63, 3.8) is 0 Å². The lowest BCUT2D eigenvalue weighted by atomic mass is 9.96. The second kappa shape index (κ2) is 20.5. The molecule has 0 saturated carbocycles. The van der Waals surface area contributed by atoms with Gasteiger partial charge in [-0.05, 0) is 18.7 Å². The second-order valence-corrected chi connectivity index (χ2v) is 24.5. The molecule has 0 spiro atoms. The number of rotatable bonds is 19. The summed E-state index contributed by atoms with van der Waals surface area (Å²) in [7, 11) is -15.3. The number of phosphoric acid groups is 3. The summed E-state index contributed by atoms with van der Waals surface area (Å²) in [6.07, 6.45) is -13.0. The average molecular weight is 1180 g/mol. The fraction of sp³-hybridized carbons (Fsp3) is 0.545. The molecule has 0 bridgehead atoms. The number of nitrogen functional groups attached to an aromatic ring is 3. The first-order valence-electron chi connectivity index (χ1n) is 21.5. The van der Waals surface area contributed by atoms with Crippen LogP contribution in [0.15, 0.2) is 34.9 Å². The molecule has 3 saturated heterocycles. The first-order valence-corrected chi connectivity index (χ1v) is 28.6. The summed E-state index contributed by atoms with van der Waals surface area (Å²) in [5, 5.41) is 44.1. The smallest absolute Gasteiger partial charge is 0.387 e. The summed E-state index contributed by atoms with van der Waals surface area (Å²) in [5.74, 6) is -0.653. The van der Waals surface area contributed by atoms with Crippen molar-refractivity contribution in [1.82, 2.24) is 53.6 Å². The van der Waals surface area contributed by atoms with Gasteiger partial charge in [0.2, 0.25) is 24.5 Å². The maximum Gasteiger partial charge on any atom is 0.490 e. The number of ether oxygens (including phenoxy) is 4. The summed E-state index contributed by atoms with van der Waals surface area (Å²) in [4.78, 5) is 96.6. The van der Waals surface area contributed by atoms with E-state index >= 15 is 0 Å². The maximum atomic E-state index is 13.3. The number of aromatic nitrogens is 12. The zero-order valence-corrected chi connectivity index (χ0v) is 43.3. The van der Waals surface area contributed by atoms with Crippen molar-refractivity contribution in [1.29, 1.82) is 0 Å². The van der Waals surface area contributed by atoms with Gasteiger partial charge in [-0.25, -0.2) is 38.2 Å². The number of aryl methyl sites for hydroxylation is 1. The van der Waals surface area contributed by atoms with E-state index in [4.69, 9.17) is 66.1 Å². The fourth-order valence-electron chi connectivity index (χ4n) is 8.55. The zero-order chi connectivity index (χ0) is 55.2. The van der Waals surface area contributed by atoms with Crippen molar-refractivity contribution < 1.29 is 104 Å². The molecule has 9 rings (SSSR count). The third kappa shape index (κ3) is 10.9. The van der Waals surface area contributed by atoms with Gasteiger partial charge in [-0.2, -0.15) is 23.2 Å². The minimum Gasteiger partial charge on any atom is -0.387 e. The lowest BCUT2D eigenvalue weighted by Crippen LogP contribution is -2.44. The minimum atomic E-state index is -6.18. The zero-order valence-electron chi connectivity index (χ0n) is 38.9. The first-order chi connectivity index (χ1) is 35.5. The van der Waals surface area contributed by atoms with E-state index in [1.165, 1.54) is 28.8 Å². The molecule has 0 aliphatic carbocycles. The van der Waals surface area contributed by atoms with E-state index < -0.39 is 134 Å². The Morgan fingerprint density at radius 2 is 1.32 bits per heavy atom. The predicted octanol–water partition coefficient (Wildman–Crippen LogP) is -4.20. The van der Waals surface area contributed by atoms with Crippen LogP contribution in [0.4, 0.5) is 17.7 Å². The highest BCUT2D eigenvalue weighted by Gasteiger charge is 2.58. The average Bonchev–Trinajstić information content (AvgIpc) is 4.16. The number of hydrogen-bond donors (Lipinski definition) is 13. The number of nitrogens with one attached hydrogen (secondary N) is 2. The molecule has 416 valence electrons. The van der Waals surface area contributed by atoms with E-state index in [0.29, 0.717) is 0 Å². The van der Waals surface area contributed by atoms with Gasteiger partial charge in [0.25, 0.3) is 16.7 Å². The third-order valence-electron chi connectivity index (χ3n) is 12.0. The third-order valence-corrected chi connectivity index (χ3v) is 17.8. The van der Waals surface area contributed by atoms with E-state index in [9.17, 15) is 63.3 Å². The molecule has 16 atom stereocenters. The number of H-pyrrole nitrogens is 2. The van der Waals surface area contributed by atoms with Crippen LogP contribution in [0.25, 0.3) is 33.5 Å². The SMILES string of the molecule is COC1C(OP(O)(=S)OCC2OC(n3cnc4c(=O)[nH]c(N)nc43)C(O)C2O)C(COP(=O)(O)OP(=O)(O)OP(=O)(O)OCC2OC(n3c[n+](C)c4c(=O)[nH]c(N)nc43)C(C)(O)C2O)OC1n1cnc2c(N)ncnc21. The largest absolute Gasteiger partial charge is 0.490 e. The van der Waals surface area contributed by atoms with Crippen molar-refractivity contribution in [2.75, 3.05) is 44.1 Å². The molecular formula is C33H46N15O23P4S+. The van der Waals surface area contributed by atoms with Crippen molar-refractivity contribution in [3.05, 3.63) is 46.0 Å². The lowest BCUT2D eigenvalue weighted by Gasteiger charge is -2.28. The van der Waals surface area contributed by atoms with Crippen LogP contribution >= 0.6 is 30.2 Å². The van der Waals surface area contributed by atoms with Gasteiger partial charge in [-0.3, -0.25) is 42.3 Å². The Morgan fingerprint density at radius 1 is 0.737 bits per heavy atom. The second-order valence-electron chi connectivity index (χ2n) is 17.1. The molecule has 3 aliphatic rings. The Hall–Kier alpha value is -4.73. The Morgan fingerprint density at radius 3 is 1.97 bits per heavy atom. The molecule has 6 aromatic heterocycles. The molecule has 0 aromatic carbocycles. The molecule has 3 aliphatic heterocycles. The highest BCUT2D eigenvalue weighted by atomic mass is 32.5. The normalized spacial score (nSPS) is 31.2. The van der Waals surface area contributed by atoms with Gasteiger partial charge in [0, 0.05) is 7.11 Å². The van der Waals surface area contributed by atoms with Crippen molar-refractivity contribution >= 4 is 93.2 Å². The summed E-state index contributed by atoms with van der Waals surface area (Å²) < 4.78 is 96.9. The van der Waals surface area contributed by atoms with E-state index in [0.717, 1.165) is 35.8 Å². The number of aliphatic hydroxyl groups excluding tert-OH is 3. The molecular weight excluding hydrogens is 1130 g/mol. The maximum absolute atomic E-state index is 13.3. The standard InChI is InChI=1S/C33H45N15O23P4S/c1-33(54)21(51)13(68-30(33)48-10-45(2)16-25(48)42-32(36)44-27(16)53)6-64-73(57,58)71-74(59,60)70-72(55,56)63-5-12-19(20(62-3)29(67-12)46-8-39-14-22(34)37-7-38-23(14)46)69-75(61,76)65-4-11-17(49)18(50)28(66-11)47-9-40-15-24(47)41-31(35)43-26(15)52/h7-13,17-21,28-30,49-51,54H,4-6H2,1-3H3,(H11-,34,35,36,37,38,41,42,43,44,52,53,55,56,57,58,59,60,61,76)/p+1. The van der Waals surface area contributed by atoms with Crippen LogP contribution in [0, 0.1) is 0 Å². The highest BCUT2D eigenvalue weighted by molar-refractivity contribution is 8.07. The number of aromatic amines is 2. The van der Waals surface area contributed by atoms with Gasteiger partial charge in [-0.1, -0.05) is 0 Å². The van der Waals surface area contributed by atoms with E-state index in [-0.39, 0.29) is 51.2 Å². The van der Waals surface area contributed by atoms with Crippen LogP contribution in [0.5, 0.6) is 0 Å². The van der Waals surface area contributed by atoms with Crippen molar-refractivity contribution in [2.24, 2.45) is 7.05 Å². The summed E-state index contributed by atoms with van der Waals surface area (Å²) in [6.45, 7) is -6.61. The molecule has 76 heavy (non-hydrogen) atoms. The number of aliphatic hydroxyl groups is 4. The summed E-state index contributed by atoms with van der Waals surface area (Å²) >= 11 is 5.28. The van der Waals surface area contributed by atoms with E-state index in [1.807, 2.05) is 0 Å². The molecule has 43 heteroatoms. The molecule has 16 unspecified atom stereocenters. The van der Waals surface area contributed by atoms with Crippen LogP contribution < -0.4 is 32.9 Å². The number of hydrogen-bond acceptors (Lipinski definition) is 29. The van der Waals surface area contributed by atoms with Crippen LogP contribution in [0.2, 0.25) is 0 Å². The van der Waals surface area contributed by atoms with Crippen molar-refractivity contribution in [2.45, 2.75) is 80.0 Å². The number of imidazole rings is 3. The Bertz CT molecular complexity index is 3530. The number of nitrogens with zero attached hydrogens (tertiary/aromatic N) is 10. The van der Waals surface area contributed by atoms with Crippen LogP contribution in [0.1, 0.15) is 25.6 Å². The molecule has 16 N–H and O–H groups in total. The predicted molar refractivity (Wildman–Crippen MR) is 250 cm³/mol. The van der Waals surface area contributed by atoms with Gasteiger partial charge in [0.15, 0.2) is 40.7 Å². The minimum absolute atomic E-state index is 0.0217. The van der Waals surface area contributed by atoms with Crippen molar-refractivity contribution in [3.8, 4) is 0 Å².